The van der Waals surface area contributed by atoms with Gasteiger partial charge in [0.1, 0.15) is 5.76 Å². The smallest absolute Gasteiger partial charge is 0.129 e. The van der Waals surface area contributed by atoms with Crippen LogP contribution in [0, 0.1) is 12.8 Å². The molecule has 0 amide bonds. The van der Waals surface area contributed by atoms with E-state index in [9.17, 15) is 0 Å². The Bertz CT molecular complexity index is 336. The maximum absolute atomic E-state index is 5.42. The highest BCUT2D eigenvalue weighted by molar-refractivity contribution is 5.51. The van der Waals surface area contributed by atoms with Crippen LogP contribution in [0.15, 0.2) is 22.3 Å². The van der Waals surface area contributed by atoms with Crippen LogP contribution in [0.3, 0.4) is 0 Å². The second kappa shape index (κ2) is 6.54. The summed E-state index contributed by atoms with van der Waals surface area (Å²) in [6.07, 6.45) is 4.96. The molecule has 0 aliphatic carbocycles. The van der Waals surface area contributed by atoms with Crippen molar-refractivity contribution in [3.63, 3.8) is 0 Å². The average Bonchev–Trinajstić information content (AvgIpc) is 2.62. The van der Waals surface area contributed by atoms with E-state index in [0.717, 1.165) is 25.3 Å². The molecule has 0 saturated heterocycles. The monoisotopic (exact) mass is 221 g/mol. The summed E-state index contributed by atoms with van der Waals surface area (Å²) < 4.78 is 5.42. The van der Waals surface area contributed by atoms with Gasteiger partial charge in [-0.25, -0.2) is 0 Å². The Morgan fingerprint density at radius 3 is 2.75 bits per heavy atom. The summed E-state index contributed by atoms with van der Waals surface area (Å²) in [4.78, 5) is 0. The van der Waals surface area contributed by atoms with E-state index in [2.05, 4.69) is 39.1 Å². The van der Waals surface area contributed by atoms with Gasteiger partial charge in [0, 0.05) is 6.54 Å². The van der Waals surface area contributed by atoms with Crippen LogP contribution in [0.4, 0.5) is 0 Å². The predicted octanol–water partition coefficient (Wildman–Crippen LogP) is 3.63. The molecule has 1 aromatic heterocycles. The molecular weight excluding hydrogens is 198 g/mol. The van der Waals surface area contributed by atoms with Gasteiger partial charge in [0.15, 0.2) is 0 Å². The van der Waals surface area contributed by atoms with Gasteiger partial charge in [-0.05, 0) is 43.5 Å². The maximum Gasteiger partial charge on any atom is 0.129 e. The zero-order valence-corrected chi connectivity index (χ0v) is 10.8. The van der Waals surface area contributed by atoms with Crippen molar-refractivity contribution >= 4 is 6.08 Å². The maximum atomic E-state index is 5.42. The van der Waals surface area contributed by atoms with Gasteiger partial charge in [0.25, 0.3) is 0 Å². The van der Waals surface area contributed by atoms with E-state index >= 15 is 0 Å². The standard InChI is InChI=1S/C14H23NO/c1-5-13(10-15-9-11(2)3)8-14-12(4)6-7-16-14/h6-8,11,15H,5,9-10H2,1-4H3/b13-8-. The fourth-order valence-corrected chi connectivity index (χ4v) is 1.52. The zero-order chi connectivity index (χ0) is 12.0. The van der Waals surface area contributed by atoms with Gasteiger partial charge in [-0.3, -0.25) is 0 Å². The molecule has 0 radical (unpaired) electrons. The summed E-state index contributed by atoms with van der Waals surface area (Å²) in [6.45, 7) is 10.7. The number of nitrogens with one attached hydrogen (secondary N) is 1. The van der Waals surface area contributed by atoms with Crippen molar-refractivity contribution < 1.29 is 4.42 Å². The van der Waals surface area contributed by atoms with E-state index in [0.29, 0.717) is 5.92 Å². The van der Waals surface area contributed by atoms with Crippen LogP contribution in [-0.4, -0.2) is 13.1 Å². The predicted molar refractivity (Wildman–Crippen MR) is 69.4 cm³/mol. The Labute approximate surface area is 98.7 Å². The van der Waals surface area contributed by atoms with E-state index < -0.39 is 0 Å². The van der Waals surface area contributed by atoms with Crippen LogP contribution in [0.2, 0.25) is 0 Å². The molecule has 0 bridgehead atoms. The third-order valence-electron chi connectivity index (χ3n) is 2.60. The SMILES string of the molecule is CC/C(=C/c1occc1C)CNCC(C)C. The third-order valence-corrected chi connectivity index (χ3v) is 2.60. The van der Waals surface area contributed by atoms with Gasteiger partial charge in [0.05, 0.1) is 6.26 Å². The summed E-state index contributed by atoms with van der Waals surface area (Å²) in [6, 6.07) is 2.00. The van der Waals surface area contributed by atoms with E-state index in [1.165, 1.54) is 11.1 Å². The van der Waals surface area contributed by atoms with Gasteiger partial charge in [-0.1, -0.05) is 26.3 Å². The fraction of sp³-hybridized carbons (Fsp3) is 0.571. The van der Waals surface area contributed by atoms with Crippen molar-refractivity contribution in [1.29, 1.82) is 0 Å². The first-order chi connectivity index (χ1) is 7.63. The third kappa shape index (κ3) is 4.23. The van der Waals surface area contributed by atoms with E-state index in [1.807, 2.05) is 6.07 Å². The summed E-state index contributed by atoms with van der Waals surface area (Å²) in [7, 11) is 0. The summed E-state index contributed by atoms with van der Waals surface area (Å²) in [5, 5.41) is 3.46. The Kier molecular flexibility index (Phi) is 5.33. The molecule has 90 valence electrons. The van der Waals surface area contributed by atoms with Gasteiger partial charge in [-0.15, -0.1) is 0 Å². The Hall–Kier alpha value is -1.02. The minimum atomic E-state index is 0.698. The number of rotatable bonds is 6. The van der Waals surface area contributed by atoms with Crippen LogP contribution >= 0.6 is 0 Å². The molecule has 0 unspecified atom stereocenters. The van der Waals surface area contributed by atoms with Crippen LogP contribution in [0.5, 0.6) is 0 Å². The number of hydrogen-bond acceptors (Lipinski definition) is 2. The van der Waals surface area contributed by atoms with Crippen LogP contribution < -0.4 is 5.32 Å². The van der Waals surface area contributed by atoms with Crippen LogP contribution in [0.1, 0.15) is 38.5 Å². The van der Waals surface area contributed by atoms with Crippen molar-refractivity contribution in [2.45, 2.75) is 34.1 Å². The van der Waals surface area contributed by atoms with Crippen molar-refractivity contribution in [2.24, 2.45) is 5.92 Å². The lowest BCUT2D eigenvalue weighted by Gasteiger charge is -2.09. The minimum absolute atomic E-state index is 0.698. The lowest BCUT2D eigenvalue weighted by molar-refractivity contribution is 0.551. The average molecular weight is 221 g/mol. The first-order valence-electron chi connectivity index (χ1n) is 6.07. The molecule has 2 heteroatoms. The molecule has 0 spiro atoms. The van der Waals surface area contributed by atoms with Gasteiger partial charge >= 0.3 is 0 Å². The largest absolute Gasteiger partial charge is 0.465 e. The van der Waals surface area contributed by atoms with Gasteiger partial charge in [0.2, 0.25) is 0 Å². The Morgan fingerprint density at radius 1 is 1.50 bits per heavy atom. The first kappa shape index (κ1) is 13.0. The highest BCUT2D eigenvalue weighted by Gasteiger charge is 2.01. The lowest BCUT2D eigenvalue weighted by Crippen LogP contribution is -2.21. The fourth-order valence-electron chi connectivity index (χ4n) is 1.52. The molecule has 0 aliphatic heterocycles. The summed E-state index contributed by atoms with van der Waals surface area (Å²) in [5.41, 5.74) is 2.59. The molecule has 16 heavy (non-hydrogen) atoms. The molecule has 0 fully saturated rings. The topological polar surface area (TPSA) is 25.2 Å². The molecule has 1 rings (SSSR count). The molecule has 1 N–H and O–H groups in total. The van der Waals surface area contributed by atoms with Crippen LogP contribution in [0.25, 0.3) is 6.08 Å². The van der Waals surface area contributed by atoms with Crippen molar-refractivity contribution in [1.82, 2.24) is 5.32 Å². The van der Waals surface area contributed by atoms with E-state index in [4.69, 9.17) is 4.42 Å². The normalized spacial score (nSPS) is 12.4. The van der Waals surface area contributed by atoms with Crippen molar-refractivity contribution in [3.8, 4) is 0 Å². The highest BCUT2D eigenvalue weighted by Crippen LogP contribution is 2.14. The summed E-state index contributed by atoms with van der Waals surface area (Å²) >= 11 is 0. The Morgan fingerprint density at radius 2 is 2.25 bits per heavy atom. The second-order valence-electron chi connectivity index (χ2n) is 4.65. The molecule has 1 heterocycles. The number of furan rings is 1. The second-order valence-corrected chi connectivity index (χ2v) is 4.65. The number of hydrogen-bond donors (Lipinski definition) is 1. The molecule has 0 aromatic carbocycles. The quantitative estimate of drug-likeness (QED) is 0.793. The molecule has 2 nitrogen and oxygen atoms in total. The lowest BCUT2D eigenvalue weighted by atomic mass is 10.1. The van der Waals surface area contributed by atoms with E-state index in [1.54, 1.807) is 6.26 Å². The summed E-state index contributed by atoms with van der Waals surface area (Å²) in [5.74, 6) is 1.69. The number of aryl methyl sites for hydroxylation is 1. The first-order valence-corrected chi connectivity index (χ1v) is 6.07. The minimum Gasteiger partial charge on any atom is -0.465 e. The van der Waals surface area contributed by atoms with Crippen molar-refractivity contribution in [3.05, 3.63) is 29.2 Å². The highest BCUT2D eigenvalue weighted by atomic mass is 16.3. The molecular formula is C14H23NO. The molecule has 0 saturated carbocycles. The van der Waals surface area contributed by atoms with Gasteiger partial charge < -0.3 is 9.73 Å². The molecule has 0 atom stereocenters. The molecule has 1 aromatic rings. The van der Waals surface area contributed by atoms with Gasteiger partial charge in [-0.2, -0.15) is 0 Å². The van der Waals surface area contributed by atoms with E-state index in [-0.39, 0.29) is 0 Å². The molecule has 0 aliphatic rings. The van der Waals surface area contributed by atoms with Crippen molar-refractivity contribution in [2.75, 3.05) is 13.1 Å². The zero-order valence-electron chi connectivity index (χ0n) is 10.8. The van der Waals surface area contributed by atoms with Crippen LogP contribution in [-0.2, 0) is 0 Å². The Balaban J connectivity index is 2.54.